The van der Waals surface area contributed by atoms with Gasteiger partial charge in [-0.15, -0.1) is 0 Å². The molecule has 1 fully saturated rings. The predicted molar refractivity (Wildman–Crippen MR) is 64.0 cm³/mol. The van der Waals surface area contributed by atoms with Crippen LogP contribution in [0.2, 0.25) is 0 Å². The van der Waals surface area contributed by atoms with Gasteiger partial charge in [-0.25, -0.2) is 5.14 Å². The van der Waals surface area contributed by atoms with Crippen molar-refractivity contribution in [1.29, 1.82) is 0 Å². The highest BCUT2D eigenvalue weighted by Gasteiger charge is 2.26. The fraction of sp³-hybridized carbons (Fsp3) is 1.00. The Balaban J connectivity index is 2.47. The predicted octanol–water partition coefficient (Wildman–Crippen LogP) is -1.07. The Bertz CT molecular complexity index is 299. The lowest BCUT2D eigenvalue weighted by Gasteiger charge is -2.37. The Morgan fingerprint density at radius 3 is 2.19 bits per heavy atom. The van der Waals surface area contributed by atoms with Gasteiger partial charge in [-0.1, -0.05) is 6.92 Å². The van der Waals surface area contributed by atoms with Gasteiger partial charge in [0.1, 0.15) is 0 Å². The third-order valence-electron chi connectivity index (χ3n) is 3.12. The summed E-state index contributed by atoms with van der Waals surface area (Å²) >= 11 is 0. The summed E-state index contributed by atoms with van der Waals surface area (Å²) in [7, 11) is -3.51. The fourth-order valence-electron chi connectivity index (χ4n) is 2.16. The Labute approximate surface area is 97.7 Å². The van der Waals surface area contributed by atoms with Crippen LogP contribution >= 0.6 is 0 Å². The summed E-state index contributed by atoms with van der Waals surface area (Å²) in [5.74, 6) is 0. The maximum absolute atomic E-state index is 11.1. The maximum atomic E-state index is 11.1. The molecule has 1 aliphatic heterocycles. The van der Waals surface area contributed by atoms with Gasteiger partial charge in [0.05, 0.1) is 0 Å². The Hall–Kier alpha value is -0.210. The maximum Gasteiger partial charge on any atom is 0.276 e. The second-order valence-corrected chi connectivity index (χ2v) is 5.67. The van der Waals surface area contributed by atoms with Gasteiger partial charge < -0.3 is 5.73 Å². The second kappa shape index (κ2) is 5.92. The molecule has 1 heterocycles. The monoisotopic (exact) mass is 250 g/mol. The third-order valence-corrected chi connectivity index (χ3v) is 4.21. The summed E-state index contributed by atoms with van der Waals surface area (Å²) in [6, 6.07) is 0.465. The van der Waals surface area contributed by atoms with E-state index < -0.39 is 10.2 Å². The topological polar surface area (TPSA) is 92.7 Å². The number of nitrogens with zero attached hydrogens (tertiary/aromatic N) is 2. The molecule has 0 aromatic carbocycles. The number of piperazine rings is 1. The van der Waals surface area contributed by atoms with Gasteiger partial charge in [-0.05, 0) is 19.4 Å². The molecule has 0 saturated carbocycles. The normalized spacial score (nSPS) is 22.2. The van der Waals surface area contributed by atoms with Crippen LogP contribution < -0.4 is 10.9 Å². The van der Waals surface area contributed by atoms with Crippen LogP contribution in [0.1, 0.15) is 19.8 Å². The van der Waals surface area contributed by atoms with E-state index >= 15 is 0 Å². The Morgan fingerprint density at radius 1 is 1.25 bits per heavy atom. The van der Waals surface area contributed by atoms with Crippen LogP contribution in [0.4, 0.5) is 0 Å². The molecular weight excluding hydrogens is 228 g/mol. The highest BCUT2D eigenvalue weighted by atomic mass is 32.2. The van der Waals surface area contributed by atoms with E-state index in [-0.39, 0.29) is 0 Å². The van der Waals surface area contributed by atoms with E-state index in [9.17, 15) is 8.42 Å². The first-order valence-corrected chi connectivity index (χ1v) is 7.21. The highest BCUT2D eigenvalue weighted by Crippen LogP contribution is 2.12. The van der Waals surface area contributed by atoms with E-state index in [0.717, 1.165) is 25.9 Å². The van der Waals surface area contributed by atoms with E-state index in [2.05, 4.69) is 11.8 Å². The first-order chi connectivity index (χ1) is 7.49. The molecule has 16 heavy (non-hydrogen) atoms. The van der Waals surface area contributed by atoms with Crippen LogP contribution in [-0.2, 0) is 10.2 Å². The van der Waals surface area contributed by atoms with Gasteiger partial charge in [-0.2, -0.15) is 12.7 Å². The number of nitrogens with two attached hydrogens (primary N) is 2. The molecule has 1 unspecified atom stereocenters. The molecule has 0 spiro atoms. The average Bonchev–Trinajstić information content (AvgIpc) is 2.25. The molecule has 0 amide bonds. The zero-order valence-corrected chi connectivity index (χ0v) is 10.6. The Kier molecular flexibility index (Phi) is 5.13. The van der Waals surface area contributed by atoms with Crippen LogP contribution in [0.5, 0.6) is 0 Å². The highest BCUT2D eigenvalue weighted by molar-refractivity contribution is 7.86. The minimum absolute atomic E-state index is 0.465. The fourth-order valence-corrected chi connectivity index (χ4v) is 2.83. The van der Waals surface area contributed by atoms with Crippen molar-refractivity contribution in [2.75, 3.05) is 32.7 Å². The molecule has 1 saturated heterocycles. The van der Waals surface area contributed by atoms with Crippen molar-refractivity contribution in [2.24, 2.45) is 10.9 Å². The van der Waals surface area contributed by atoms with Gasteiger partial charge >= 0.3 is 0 Å². The summed E-state index contributed by atoms with van der Waals surface area (Å²) in [6.45, 7) is 5.27. The summed E-state index contributed by atoms with van der Waals surface area (Å²) in [5.41, 5.74) is 5.56. The van der Waals surface area contributed by atoms with Crippen molar-refractivity contribution in [2.45, 2.75) is 25.8 Å². The molecule has 0 aromatic heterocycles. The van der Waals surface area contributed by atoms with Gasteiger partial charge in [0, 0.05) is 32.2 Å². The van der Waals surface area contributed by atoms with Gasteiger partial charge in [0.25, 0.3) is 10.2 Å². The van der Waals surface area contributed by atoms with E-state index in [0.29, 0.717) is 25.7 Å². The minimum Gasteiger partial charge on any atom is -0.330 e. The summed E-state index contributed by atoms with van der Waals surface area (Å²) in [5, 5.41) is 5.08. The lowest BCUT2D eigenvalue weighted by molar-refractivity contribution is 0.129. The van der Waals surface area contributed by atoms with Crippen molar-refractivity contribution in [3.63, 3.8) is 0 Å². The summed E-state index contributed by atoms with van der Waals surface area (Å²) < 4.78 is 23.6. The lowest BCUT2D eigenvalue weighted by atomic mass is 10.1. The second-order valence-electron chi connectivity index (χ2n) is 4.12. The van der Waals surface area contributed by atoms with Crippen LogP contribution in [-0.4, -0.2) is 56.4 Å². The lowest BCUT2D eigenvalue weighted by Crippen LogP contribution is -2.53. The molecule has 0 aromatic rings. The van der Waals surface area contributed by atoms with Gasteiger partial charge in [-0.3, -0.25) is 4.90 Å². The smallest absolute Gasteiger partial charge is 0.276 e. The van der Waals surface area contributed by atoms with E-state index in [1.54, 1.807) is 0 Å². The number of hydrogen-bond acceptors (Lipinski definition) is 4. The molecule has 0 radical (unpaired) electrons. The zero-order valence-electron chi connectivity index (χ0n) is 9.80. The molecular formula is C9H22N4O2S. The third kappa shape index (κ3) is 3.67. The number of hydrogen-bond donors (Lipinski definition) is 2. The standard InChI is InChI=1S/C9H22N4O2S/c1-2-9(3-4-10)12-5-7-13(8-6-12)16(11,14)15/h9H,2-8,10H2,1H3,(H2,11,14,15). The van der Waals surface area contributed by atoms with Gasteiger partial charge in [0.15, 0.2) is 0 Å². The van der Waals surface area contributed by atoms with Crippen molar-refractivity contribution >= 4 is 10.2 Å². The average molecular weight is 250 g/mol. The van der Waals surface area contributed by atoms with Gasteiger partial charge in [0.2, 0.25) is 0 Å². The van der Waals surface area contributed by atoms with Crippen molar-refractivity contribution in [3.05, 3.63) is 0 Å². The van der Waals surface area contributed by atoms with E-state index in [1.807, 2.05) is 0 Å². The zero-order chi connectivity index (χ0) is 12.2. The summed E-state index contributed by atoms with van der Waals surface area (Å²) in [6.07, 6.45) is 2.01. The molecule has 7 heteroatoms. The summed E-state index contributed by atoms with van der Waals surface area (Å²) in [4.78, 5) is 2.30. The van der Waals surface area contributed by atoms with Crippen LogP contribution in [0.15, 0.2) is 0 Å². The molecule has 4 N–H and O–H groups in total. The molecule has 6 nitrogen and oxygen atoms in total. The minimum atomic E-state index is -3.51. The molecule has 1 atom stereocenters. The molecule has 96 valence electrons. The molecule has 1 aliphatic rings. The van der Waals surface area contributed by atoms with Crippen molar-refractivity contribution in [3.8, 4) is 0 Å². The SMILES string of the molecule is CCC(CCN)N1CCN(S(N)(=O)=O)CC1. The first kappa shape index (κ1) is 13.9. The largest absolute Gasteiger partial charge is 0.330 e. The van der Waals surface area contributed by atoms with E-state index in [1.165, 1.54) is 4.31 Å². The molecule has 0 bridgehead atoms. The van der Waals surface area contributed by atoms with Crippen LogP contribution in [0.25, 0.3) is 0 Å². The van der Waals surface area contributed by atoms with Crippen molar-refractivity contribution < 1.29 is 8.42 Å². The Morgan fingerprint density at radius 2 is 1.81 bits per heavy atom. The van der Waals surface area contributed by atoms with Crippen LogP contribution in [0, 0.1) is 0 Å². The van der Waals surface area contributed by atoms with E-state index in [4.69, 9.17) is 10.9 Å². The first-order valence-electron chi connectivity index (χ1n) is 5.71. The molecule has 1 rings (SSSR count). The van der Waals surface area contributed by atoms with Crippen LogP contribution in [0.3, 0.4) is 0 Å². The van der Waals surface area contributed by atoms with Crippen molar-refractivity contribution in [1.82, 2.24) is 9.21 Å². The molecule has 0 aliphatic carbocycles. The quantitative estimate of drug-likeness (QED) is 0.650. The number of rotatable bonds is 5.